The fraction of sp³-hybridized carbons (Fsp3) is 0.250. The number of ether oxygens (including phenoxy) is 3. The Balaban J connectivity index is 2.52. The molecular formula is C16H13F3N2O4. The number of rotatable bonds is 2. The summed E-state index contributed by atoms with van der Waals surface area (Å²) in [6, 6.07) is 5.91. The van der Waals surface area contributed by atoms with Crippen molar-refractivity contribution in [2.75, 3.05) is 7.11 Å². The van der Waals surface area contributed by atoms with Gasteiger partial charge in [0, 0.05) is 0 Å². The third-order valence-electron chi connectivity index (χ3n) is 3.48. The predicted octanol–water partition coefficient (Wildman–Crippen LogP) is 3.53. The predicted molar refractivity (Wildman–Crippen MR) is 78.3 cm³/mol. The van der Waals surface area contributed by atoms with Gasteiger partial charge in [-0.3, -0.25) is 0 Å². The maximum absolute atomic E-state index is 12.7. The van der Waals surface area contributed by atoms with Crippen LogP contribution in [0.25, 0.3) is 0 Å². The summed E-state index contributed by atoms with van der Waals surface area (Å²) >= 11 is 0. The zero-order valence-corrected chi connectivity index (χ0v) is 13.2. The number of hydrogen-bond acceptors (Lipinski definition) is 6. The topological polar surface area (TPSA) is 94.6 Å². The number of nitrogens with two attached hydrogens (primary N) is 1. The maximum atomic E-state index is 12.7. The van der Waals surface area contributed by atoms with Crippen LogP contribution in [0.4, 0.5) is 18.0 Å². The molecule has 1 aromatic carbocycles. The van der Waals surface area contributed by atoms with E-state index in [0.29, 0.717) is 0 Å². The molecule has 0 fully saturated rings. The normalized spacial score (nSPS) is 17.7. The van der Waals surface area contributed by atoms with Gasteiger partial charge in [-0.05, 0) is 24.6 Å². The zero-order chi connectivity index (χ0) is 18.8. The van der Waals surface area contributed by atoms with Crippen LogP contribution < -0.4 is 5.73 Å². The molecule has 0 spiro atoms. The van der Waals surface area contributed by atoms with E-state index in [4.69, 9.17) is 15.2 Å². The summed E-state index contributed by atoms with van der Waals surface area (Å²) in [6.07, 6.45) is -5.56. The maximum Gasteiger partial charge on any atom is 0.513 e. The molecule has 0 saturated carbocycles. The molecule has 0 aromatic heterocycles. The molecule has 1 aliphatic heterocycles. The molecule has 1 heterocycles. The number of carbonyl (C=O) groups excluding carboxylic acids is 1. The average molecular weight is 354 g/mol. The van der Waals surface area contributed by atoms with Crippen molar-refractivity contribution in [3.8, 4) is 6.07 Å². The lowest BCUT2D eigenvalue weighted by Gasteiger charge is -2.26. The van der Waals surface area contributed by atoms with Gasteiger partial charge >= 0.3 is 12.3 Å². The number of nitriles is 1. The SMILES string of the molecule is COC(=O)OC1=C(C)OC(N)=C(C#N)C1c1ccc(C(F)(F)F)cc1. The van der Waals surface area contributed by atoms with E-state index in [1.165, 1.54) is 19.1 Å². The van der Waals surface area contributed by atoms with Crippen LogP contribution in [0.5, 0.6) is 0 Å². The minimum absolute atomic E-state index is 0.0858. The van der Waals surface area contributed by atoms with Crippen LogP contribution in [-0.2, 0) is 20.4 Å². The molecule has 0 bridgehead atoms. The van der Waals surface area contributed by atoms with Gasteiger partial charge in [-0.25, -0.2) is 4.79 Å². The number of methoxy groups -OCH3 is 1. The second-order valence-corrected chi connectivity index (χ2v) is 5.02. The monoisotopic (exact) mass is 354 g/mol. The lowest BCUT2D eigenvalue weighted by molar-refractivity contribution is -0.137. The Kier molecular flexibility index (Phi) is 4.92. The van der Waals surface area contributed by atoms with Crippen LogP contribution in [0.15, 0.2) is 47.2 Å². The van der Waals surface area contributed by atoms with E-state index in [0.717, 1.165) is 19.2 Å². The third kappa shape index (κ3) is 3.68. The fourth-order valence-electron chi connectivity index (χ4n) is 2.31. The molecule has 0 saturated heterocycles. The molecular weight excluding hydrogens is 341 g/mol. The first kappa shape index (κ1) is 18.2. The molecule has 9 heteroatoms. The number of carbonyl (C=O) groups is 1. The number of benzene rings is 1. The van der Waals surface area contributed by atoms with Crippen molar-refractivity contribution < 1.29 is 32.2 Å². The van der Waals surface area contributed by atoms with E-state index < -0.39 is 23.8 Å². The average Bonchev–Trinajstić information content (AvgIpc) is 2.56. The molecule has 0 radical (unpaired) electrons. The number of halogens is 3. The van der Waals surface area contributed by atoms with Crippen LogP contribution in [0.1, 0.15) is 24.0 Å². The van der Waals surface area contributed by atoms with E-state index in [1.54, 1.807) is 0 Å². The summed E-state index contributed by atoms with van der Waals surface area (Å²) in [6.45, 7) is 1.44. The Labute approximate surface area is 140 Å². The summed E-state index contributed by atoms with van der Waals surface area (Å²) in [7, 11) is 1.09. The molecule has 2 rings (SSSR count). The number of allylic oxidation sites excluding steroid dienone is 2. The van der Waals surface area contributed by atoms with E-state index in [9.17, 15) is 23.2 Å². The Morgan fingerprint density at radius 2 is 1.92 bits per heavy atom. The highest BCUT2D eigenvalue weighted by atomic mass is 19.4. The Morgan fingerprint density at radius 1 is 1.32 bits per heavy atom. The Morgan fingerprint density at radius 3 is 2.40 bits per heavy atom. The van der Waals surface area contributed by atoms with E-state index in [2.05, 4.69) is 4.74 Å². The van der Waals surface area contributed by atoms with Crippen molar-refractivity contribution in [1.29, 1.82) is 5.26 Å². The van der Waals surface area contributed by atoms with Crippen molar-refractivity contribution in [1.82, 2.24) is 0 Å². The summed E-state index contributed by atoms with van der Waals surface area (Å²) in [5.41, 5.74) is 5.01. The van der Waals surface area contributed by atoms with Gasteiger partial charge in [0.25, 0.3) is 0 Å². The second kappa shape index (κ2) is 6.76. The largest absolute Gasteiger partial charge is 0.513 e. The van der Waals surface area contributed by atoms with Crippen molar-refractivity contribution in [3.63, 3.8) is 0 Å². The van der Waals surface area contributed by atoms with Gasteiger partial charge in [0.05, 0.1) is 18.6 Å². The number of alkyl halides is 3. The number of hydrogen-bond donors (Lipinski definition) is 1. The smallest absolute Gasteiger partial charge is 0.442 e. The molecule has 1 aliphatic rings. The lowest BCUT2D eigenvalue weighted by Crippen LogP contribution is -2.23. The molecule has 0 amide bonds. The highest BCUT2D eigenvalue weighted by Crippen LogP contribution is 2.40. The standard InChI is InChI=1S/C16H13F3N2O4/c1-8-13(25-15(22)23-2)12(11(7-20)14(21)24-8)9-3-5-10(6-4-9)16(17,18)19/h3-6,12H,21H2,1-2H3. The summed E-state index contributed by atoms with van der Waals surface area (Å²) < 4.78 is 52.8. The van der Waals surface area contributed by atoms with Gasteiger partial charge in [0.1, 0.15) is 17.4 Å². The van der Waals surface area contributed by atoms with Crippen molar-refractivity contribution >= 4 is 6.16 Å². The van der Waals surface area contributed by atoms with Crippen molar-refractivity contribution in [3.05, 3.63) is 58.4 Å². The van der Waals surface area contributed by atoms with E-state index in [1.807, 2.05) is 6.07 Å². The first-order valence-corrected chi connectivity index (χ1v) is 6.90. The van der Waals surface area contributed by atoms with Crippen LogP contribution >= 0.6 is 0 Å². The van der Waals surface area contributed by atoms with Gasteiger partial charge < -0.3 is 19.9 Å². The minimum atomic E-state index is -4.50. The van der Waals surface area contributed by atoms with Gasteiger partial charge in [-0.2, -0.15) is 18.4 Å². The lowest BCUT2D eigenvalue weighted by atomic mass is 9.87. The summed E-state index contributed by atoms with van der Waals surface area (Å²) in [4.78, 5) is 11.5. The Hall–Kier alpha value is -3.15. The van der Waals surface area contributed by atoms with Crippen LogP contribution in [0, 0.1) is 11.3 Å². The van der Waals surface area contributed by atoms with E-state index in [-0.39, 0.29) is 28.5 Å². The number of nitrogens with zero attached hydrogens (tertiary/aromatic N) is 1. The molecule has 1 aromatic rings. The van der Waals surface area contributed by atoms with Crippen molar-refractivity contribution in [2.45, 2.75) is 19.0 Å². The van der Waals surface area contributed by atoms with Gasteiger partial charge in [0.15, 0.2) is 5.76 Å². The Bertz CT molecular complexity index is 789. The van der Waals surface area contributed by atoms with Crippen molar-refractivity contribution in [2.24, 2.45) is 5.73 Å². The van der Waals surface area contributed by atoms with Gasteiger partial charge in [0.2, 0.25) is 5.88 Å². The molecule has 2 N–H and O–H groups in total. The highest BCUT2D eigenvalue weighted by molar-refractivity contribution is 5.63. The third-order valence-corrected chi connectivity index (χ3v) is 3.48. The zero-order valence-electron chi connectivity index (χ0n) is 13.2. The quantitative estimate of drug-likeness (QED) is 0.817. The molecule has 1 unspecified atom stereocenters. The molecule has 25 heavy (non-hydrogen) atoms. The highest BCUT2D eigenvalue weighted by Gasteiger charge is 2.36. The van der Waals surface area contributed by atoms with Crippen LogP contribution in [0.2, 0.25) is 0 Å². The molecule has 1 atom stereocenters. The van der Waals surface area contributed by atoms with Gasteiger partial charge in [-0.1, -0.05) is 12.1 Å². The summed E-state index contributed by atoms with van der Waals surface area (Å²) in [5, 5.41) is 9.33. The van der Waals surface area contributed by atoms with E-state index >= 15 is 0 Å². The fourth-order valence-corrected chi connectivity index (χ4v) is 2.31. The first-order valence-electron chi connectivity index (χ1n) is 6.90. The summed E-state index contributed by atoms with van der Waals surface area (Å²) in [5.74, 6) is -1.22. The minimum Gasteiger partial charge on any atom is -0.442 e. The van der Waals surface area contributed by atoms with Crippen LogP contribution in [0.3, 0.4) is 0 Å². The first-order chi connectivity index (χ1) is 11.7. The molecule has 0 aliphatic carbocycles. The molecule has 6 nitrogen and oxygen atoms in total. The molecule has 132 valence electrons. The second-order valence-electron chi connectivity index (χ2n) is 5.02. The van der Waals surface area contributed by atoms with Gasteiger partial charge in [-0.15, -0.1) is 0 Å². The van der Waals surface area contributed by atoms with Crippen LogP contribution in [-0.4, -0.2) is 13.3 Å².